The van der Waals surface area contributed by atoms with Crippen LogP contribution in [0.4, 0.5) is 5.69 Å². The number of fused-ring (bicyclic) bond motifs is 2. The van der Waals surface area contributed by atoms with Gasteiger partial charge in [-0.25, -0.2) is 4.98 Å². The molecule has 2 aromatic heterocycles. The van der Waals surface area contributed by atoms with Gasteiger partial charge in [-0.15, -0.1) is 0 Å². The van der Waals surface area contributed by atoms with Crippen molar-refractivity contribution in [3.63, 3.8) is 0 Å². The zero-order valence-corrected chi connectivity index (χ0v) is 21.4. The van der Waals surface area contributed by atoms with E-state index in [2.05, 4.69) is 20.7 Å². The summed E-state index contributed by atoms with van der Waals surface area (Å²) in [5, 5.41) is 10.2. The van der Waals surface area contributed by atoms with E-state index in [1.807, 2.05) is 41.3 Å². The van der Waals surface area contributed by atoms with Crippen molar-refractivity contribution in [2.75, 3.05) is 11.9 Å². The summed E-state index contributed by atoms with van der Waals surface area (Å²) in [7, 11) is 0. The molecule has 2 fully saturated rings. The number of hydrogen-bond donors (Lipinski definition) is 2. The van der Waals surface area contributed by atoms with Gasteiger partial charge < -0.3 is 5.32 Å². The van der Waals surface area contributed by atoms with Gasteiger partial charge in [0, 0.05) is 30.4 Å². The third-order valence-corrected chi connectivity index (χ3v) is 7.97. The molecule has 40 heavy (non-hydrogen) atoms. The smallest absolute Gasteiger partial charge is 0.262 e. The lowest BCUT2D eigenvalue weighted by Gasteiger charge is -2.35. The number of carbonyl (C=O) groups excluding carboxylic acids is 4. The van der Waals surface area contributed by atoms with Crippen LogP contribution in [0.25, 0.3) is 22.3 Å². The Kier molecular flexibility index (Phi) is 5.65. The number of piperidine rings is 1. The number of carbonyl (C=O) groups is 4. The Labute approximate surface area is 228 Å². The minimum absolute atomic E-state index is 0.0936. The van der Waals surface area contributed by atoms with E-state index >= 15 is 0 Å². The van der Waals surface area contributed by atoms with Crippen LogP contribution in [0.15, 0.2) is 61.1 Å². The summed E-state index contributed by atoms with van der Waals surface area (Å²) in [5.74, 6) is -1.58. The van der Waals surface area contributed by atoms with Gasteiger partial charge in [0.15, 0.2) is 0 Å². The number of anilines is 1. The monoisotopic (exact) mass is 535 g/mol. The van der Waals surface area contributed by atoms with Crippen molar-refractivity contribution in [2.24, 2.45) is 5.92 Å². The normalized spacial score (nSPS) is 22.3. The van der Waals surface area contributed by atoms with Gasteiger partial charge in [0.05, 0.1) is 46.3 Å². The predicted octanol–water partition coefficient (Wildman–Crippen LogP) is 2.96. The van der Waals surface area contributed by atoms with Crippen molar-refractivity contribution in [1.29, 1.82) is 0 Å². The van der Waals surface area contributed by atoms with Crippen LogP contribution in [0.1, 0.15) is 52.4 Å². The van der Waals surface area contributed by atoms with Crippen LogP contribution in [0.3, 0.4) is 0 Å². The van der Waals surface area contributed by atoms with Crippen molar-refractivity contribution in [3.05, 3.63) is 72.2 Å². The second kappa shape index (κ2) is 9.37. The van der Waals surface area contributed by atoms with E-state index in [1.54, 1.807) is 24.4 Å². The fourth-order valence-electron chi connectivity index (χ4n) is 5.69. The maximum Gasteiger partial charge on any atom is 0.262 e. The minimum Gasteiger partial charge on any atom is -0.385 e. The highest BCUT2D eigenvalue weighted by Crippen LogP contribution is 2.38. The zero-order chi connectivity index (χ0) is 27.4. The molecule has 11 nitrogen and oxygen atoms in total. The summed E-state index contributed by atoms with van der Waals surface area (Å²) in [6.45, 7) is 0.721. The molecule has 1 saturated carbocycles. The molecule has 11 heteroatoms. The van der Waals surface area contributed by atoms with Gasteiger partial charge in [0.1, 0.15) is 6.04 Å². The van der Waals surface area contributed by atoms with Crippen molar-refractivity contribution < 1.29 is 19.2 Å². The number of hydrogen-bond acceptors (Lipinski definition) is 8. The number of aromatic nitrogens is 4. The molecule has 2 aromatic carbocycles. The van der Waals surface area contributed by atoms with Crippen molar-refractivity contribution in [2.45, 2.75) is 37.8 Å². The summed E-state index contributed by atoms with van der Waals surface area (Å²) < 4.78 is 1.99. The number of amides is 4. The molecule has 3 aliphatic rings. The molecule has 0 spiro atoms. The predicted molar refractivity (Wildman–Crippen MR) is 144 cm³/mol. The largest absolute Gasteiger partial charge is 0.385 e. The maximum absolute atomic E-state index is 13.1. The lowest BCUT2D eigenvalue weighted by molar-refractivity contribution is -0.136. The lowest BCUT2D eigenvalue weighted by atomic mass is 9.80. The zero-order valence-electron chi connectivity index (χ0n) is 21.4. The molecular formula is C29H25N7O4. The molecule has 1 aliphatic carbocycles. The molecule has 0 bridgehead atoms. The standard InChI is InChI=1S/C29H25N7O4/c37-26-8-7-25(27(38)34-26)36-28(39)20-6-5-18(11-21(20)29(36)40)30-12-16-9-19(10-16)35-15-17(13-32-35)24-14-31-22-3-1-2-4-23(22)33-24/h1-6,11,13-16,19,25,30H,7-10,12H2,(H,34,37,38). The first-order valence-electron chi connectivity index (χ1n) is 13.3. The van der Waals surface area contributed by atoms with Gasteiger partial charge in [-0.2, -0.15) is 5.10 Å². The van der Waals surface area contributed by atoms with Crippen LogP contribution >= 0.6 is 0 Å². The highest BCUT2D eigenvalue weighted by Gasteiger charge is 2.44. The Morgan fingerprint density at radius 3 is 2.58 bits per heavy atom. The third-order valence-electron chi connectivity index (χ3n) is 7.97. The van der Waals surface area contributed by atoms with Crippen LogP contribution in [-0.4, -0.2) is 60.9 Å². The first-order chi connectivity index (χ1) is 19.4. The Morgan fingerprint density at radius 1 is 0.950 bits per heavy atom. The molecule has 1 atom stereocenters. The van der Waals surface area contributed by atoms with Gasteiger partial charge in [-0.3, -0.25) is 39.1 Å². The Morgan fingerprint density at radius 2 is 1.75 bits per heavy atom. The second-order valence-corrected chi connectivity index (χ2v) is 10.5. The van der Waals surface area contributed by atoms with E-state index in [0.717, 1.165) is 52.3 Å². The summed E-state index contributed by atoms with van der Waals surface area (Å²) in [5.41, 5.74) is 4.72. The number of rotatable bonds is 6. The SMILES string of the molecule is O=C1CCC(N2C(=O)c3ccc(NCC4CC(n5cc(-c6cnc7ccccc7n6)cn5)C4)cc3C2=O)C(=O)N1. The number of benzene rings is 2. The van der Waals surface area contributed by atoms with Crippen molar-refractivity contribution in [3.8, 4) is 11.3 Å². The van der Waals surface area contributed by atoms with E-state index in [-0.39, 0.29) is 24.0 Å². The quantitative estimate of drug-likeness (QED) is 0.359. The molecule has 4 amide bonds. The van der Waals surface area contributed by atoms with Crippen molar-refractivity contribution in [1.82, 2.24) is 30.0 Å². The Bertz CT molecular complexity index is 1710. The van der Waals surface area contributed by atoms with Gasteiger partial charge in [-0.1, -0.05) is 12.1 Å². The number of nitrogens with zero attached hydrogens (tertiary/aromatic N) is 5. The Balaban J connectivity index is 0.963. The third kappa shape index (κ3) is 4.10. The van der Waals surface area contributed by atoms with Crippen LogP contribution in [-0.2, 0) is 9.59 Å². The maximum atomic E-state index is 13.1. The summed E-state index contributed by atoms with van der Waals surface area (Å²) in [6, 6.07) is 12.2. The highest BCUT2D eigenvalue weighted by molar-refractivity contribution is 6.23. The number of para-hydroxylation sites is 2. The molecule has 4 aromatic rings. The lowest BCUT2D eigenvalue weighted by Crippen LogP contribution is -2.54. The van der Waals surface area contributed by atoms with E-state index in [9.17, 15) is 19.2 Å². The fraction of sp³-hybridized carbons (Fsp3) is 0.276. The van der Waals surface area contributed by atoms with Gasteiger partial charge in [0.2, 0.25) is 11.8 Å². The average molecular weight is 536 g/mol. The van der Waals surface area contributed by atoms with Gasteiger partial charge >= 0.3 is 0 Å². The molecule has 4 heterocycles. The molecule has 200 valence electrons. The van der Waals surface area contributed by atoms with E-state index in [1.165, 1.54) is 0 Å². The van der Waals surface area contributed by atoms with Crippen LogP contribution in [0, 0.1) is 5.92 Å². The van der Waals surface area contributed by atoms with Crippen LogP contribution in [0.5, 0.6) is 0 Å². The first kappa shape index (κ1) is 24.1. The summed E-state index contributed by atoms with van der Waals surface area (Å²) >= 11 is 0. The van der Waals surface area contributed by atoms with Crippen molar-refractivity contribution >= 4 is 40.3 Å². The number of imide groups is 2. The first-order valence-corrected chi connectivity index (χ1v) is 13.3. The molecule has 2 aliphatic heterocycles. The summed E-state index contributed by atoms with van der Waals surface area (Å²) in [4.78, 5) is 59.9. The molecule has 1 saturated heterocycles. The number of nitrogens with one attached hydrogen (secondary N) is 2. The Hall–Kier alpha value is -4.93. The molecule has 0 radical (unpaired) electrons. The van der Waals surface area contributed by atoms with Gasteiger partial charge in [0.25, 0.3) is 11.8 Å². The van der Waals surface area contributed by atoms with E-state index in [0.29, 0.717) is 12.0 Å². The van der Waals surface area contributed by atoms with Gasteiger partial charge in [-0.05, 0) is 55.5 Å². The van der Waals surface area contributed by atoms with Crippen LogP contribution < -0.4 is 10.6 Å². The molecule has 1 unspecified atom stereocenters. The van der Waals surface area contributed by atoms with E-state index in [4.69, 9.17) is 4.98 Å². The average Bonchev–Trinajstić information content (AvgIpc) is 3.51. The second-order valence-electron chi connectivity index (χ2n) is 10.5. The minimum atomic E-state index is -0.968. The molecule has 2 N–H and O–H groups in total. The summed E-state index contributed by atoms with van der Waals surface area (Å²) in [6.07, 6.45) is 7.77. The van der Waals surface area contributed by atoms with E-state index < -0.39 is 29.7 Å². The highest BCUT2D eigenvalue weighted by atomic mass is 16.2. The topological polar surface area (TPSA) is 139 Å². The van der Waals surface area contributed by atoms with Crippen LogP contribution in [0.2, 0.25) is 0 Å². The fourth-order valence-corrected chi connectivity index (χ4v) is 5.69. The molecular weight excluding hydrogens is 510 g/mol. The molecule has 7 rings (SSSR count).